The van der Waals surface area contributed by atoms with Crippen molar-refractivity contribution in [2.75, 3.05) is 20.2 Å². The van der Waals surface area contributed by atoms with Crippen molar-refractivity contribution in [3.63, 3.8) is 0 Å². The van der Waals surface area contributed by atoms with Crippen LogP contribution in [0.3, 0.4) is 0 Å². The van der Waals surface area contributed by atoms with Crippen molar-refractivity contribution in [2.45, 2.75) is 44.7 Å². The van der Waals surface area contributed by atoms with Gasteiger partial charge in [0.15, 0.2) is 0 Å². The molecule has 2 aliphatic heterocycles. The predicted molar refractivity (Wildman–Crippen MR) is 126 cm³/mol. The second-order valence-electron chi connectivity index (χ2n) is 8.43. The fourth-order valence-corrected chi connectivity index (χ4v) is 5.16. The quantitative estimate of drug-likeness (QED) is 0.642. The fraction of sp³-hybridized carbons (Fsp3) is 0.370. The van der Waals surface area contributed by atoms with Gasteiger partial charge in [-0.15, -0.1) is 6.58 Å². The lowest BCUT2D eigenvalue weighted by Gasteiger charge is -2.36. The summed E-state index contributed by atoms with van der Waals surface area (Å²) < 4.78 is 5.51. The van der Waals surface area contributed by atoms with Gasteiger partial charge in [-0.1, -0.05) is 35.9 Å². The third-order valence-electron chi connectivity index (χ3n) is 6.56. The highest BCUT2D eigenvalue weighted by Crippen LogP contribution is 2.43. The largest absolute Gasteiger partial charge is 0.497 e. The normalized spacial score (nSPS) is 20.4. The lowest BCUT2D eigenvalue weighted by atomic mass is 9.85. The third kappa shape index (κ3) is 4.45. The number of carbonyl (C=O) groups excluding carboxylic acids is 1. The van der Waals surface area contributed by atoms with Crippen LogP contribution in [0.25, 0.3) is 5.57 Å². The number of hydrogen-bond acceptors (Lipinski definition) is 3. The van der Waals surface area contributed by atoms with Gasteiger partial charge in [0.1, 0.15) is 5.75 Å². The Morgan fingerprint density at radius 2 is 1.77 bits per heavy atom. The molecule has 0 spiro atoms. The van der Waals surface area contributed by atoms with E-state index in [2.05, 4.69) is 47.1 Å². The molecule has 2 atom stereocenters. The molecule has 0 aliphatic carbocycles. The number of hydrogen-bond donors (Lipinski definition) is 1. The summed E-state index contributed by atoms with van der Waals surface area (Å²) in [6.07, 6.45) is 6.69. The van der Waals surface area contributed by atoms with Crippen LogP contribution >= 0.6 is 0 Å². The van der Waals surface area contributed by atoms with Crippen LogP contribution in [0.5, 0.6) is 5.75 Å². The summed E-state index contributed by atoms with van der Waals surface area (Å²) in [5.74, 6) is 0.835. The van der Waals surface area contributed by atoms with Crippen molar-refractivity contribution in [1.82, 2.24) is 10.2 Å². The first-order valence-electron chi connectivity index (χ1n) is 11.3. The van der Waals surface area contributed by atoms with Crippen LogP contribution in [0.15, 0.2) is 66.8 Å². The van der Waals surface area contributed by atoms with Crippen molar-refractivity contribution < 1.29 is 9.53 Å². The summed E-state index contributed by atoms with van der Waals surface area (Å²) in [7, 11) is 1.71. The molecular weight excluding hydrogens is 384 g/mol. The minimum atomic E-state index is -0.0274. The average molecular weight is 417 g/mol. The SMILES string of the molecule is C=CCN1C2CCC1CC(=C(c1ccc(C(=O)NCC)cc1)c1cccc(OC)c1)C2. The Bertz CT molecular complexity index is 961. The van der Waals surface area contributed by atoms with Crippen LogP contribution in [0, 0.1) is 0 Å². The first kappa shape index (κ1) is 21.4. The Balaban J connectivity index is 1.75. The number of benzene rings is 2. The van der Waals surface area contributed by atoms with Gasteiger partial charge in [-0.3, -0.25) is 9.69 Å². The number of methoxy groups -OCH3 is 1. The Morgan fingerprint density at radius 3 is 2.39 bits per heavy atom. The number of rotatable bonds is 7. The fourth-order valence-electron chi connectivity index (χ4n) is 5.16. The summed E-state index contributed by atoms with van der Waals surface area (Å²) in [6.45, 7) is 7.49. The number of nitrogens with one attached hydrogen (secondary N) is 1. The van der Waals surface area contributed by atoms with Crippen LogP contribution in [0.2, 0.25) is 0 Å². The molecule has 2 unspecified atom stereocenters. The van der Waals surface area contributed by atoms with Crippen molar-refractivity contribution in [2.24, 2.45) is 0 Å². The van der Waals surface area contributed by atoms with Gasteiger partial charge in [-0.2, -0.15) is 0 Å². The van der Waals surface area contributed by atoms with Gasteiger partial charge >= 0.3 is 0 Å². The summed E-state index contributed by atoms with van der Waals surface area (Å²) in [5.41, 5.74) is 5.83. The molecule has 1 N–H and O–H groups in total. The number of nitrogens with zero attached hydrogens (tertiary/aromatic N) is 1. The molecule has 2 aromatic rings. The topological polar surface area (TPSA) is 41.6 Å². The van der Waals surface area contributed by atoms with Gasteiger partial charge in [-0.25, -0.2) is 0 Å². The Morgan fingerprint density at radius 1 is 1.10 bits per heavy atom. The first-order chi connectivity index (χ1) is 15.1. The molecule has 4 nitrogen and oxygen atoms in total. The van der Waals surface area contributed by atoms with Crippen molar-refractivity contribution in [3.05, 3.63) is 83.4 Å². The van der Waals surface area contributed by atoms with E-state index in [-0.39, 0.29) is 5.91 Å². The zero-order valence-corrected chi connectivity index (χ0v) is 18.6. The maximum Gasteiger partial charge on any atom is 0.251 e. The maximum absolute atomic E-state index is 12.2. The lowest BCUT2D eigenvalue weighted by Crippen LogP contribution is -2.40. The number of carbonyl (C=O) groups is 1. The standard InChI is InChI=1S/C27H32N2O2/c1-4-15-29-23-13-14-24(29)17-22(16-23)26(21-7-6-8-25(18-21)31-3)19-9-11-20(12-10-19)27(30)28-5-2/h4,6-12,18,23-24H,1,5,13-17H2,2-3H3,(H,28,30). The number of fused-ring (bicyclic) bond motifs is 2. The Labute approximate surface area is 185 Å². The summed E-state index contributed by atoms with van der Waals surface area (Å²) in [4.78, 5) is 14.8. The Kier molecular flexibility index (Phi) is 6.57. The third-order valence-corrected chi connectivity index (χ3v) is 6.56. The summed E-state index contributed by atoms with van der Waals surface area (Å²) >= 11 is 0. The lowest BCUT2D eigenvalue weighted by molar-refractivity contribution is 0.0956. The van der Waals surface area contributed by atoms with Gasteiger partial charge in [0, 0.05) is 30.7 Å². The van der Waals surface area contributed by atoms with Gasteiger partial charge < -0.3 is 10.1 Å². The summed E-state index contributed by atoms with van der Waals surface area (Å²) in [5, 5.41) is 2.88. The van der Waals surface area contributed by atoms with Crippen molar-refractivity contribution in [3.8, 4) is 5.75 Å². The van der Waals surface area contributed by atoms with Crippen molar-refractivity contribution in [1.29, 1.82) is 0 Å². The second kappa shape index (κ2) is 9.52. The molecule has 2 heterocycles. The van der Waals surface area contributed by atoms with Crippen LogP contribution in [-0.4, -0.2) is 43.1 Å². The molecule has 2 aliphatic rings. The van der Waals surface area contributed by atoms with Gasteiger partial charge in [0.2, 0.25) is 0 Å². The Hall–Kier alpha value is -2.85. The van der Waals surface area contributed by atoms with E-state index in [0.717, 1.165) is 30.7 Å². The molecule has 2 fully saturated rings. The highest BCUT2D eigenvalue weighted by atomic mass is 16.5. The smallest absolute Gasteiger partial charge is 0.251 e. The van der Waals surface area contributed by atoms with E-state index in [1.54, 1.807) is 7.11 Å². The van der Waals surface area contributed by atoms with E-state index in [1.165, 1.54) is 29.6 Å². The van der Waals surface area contributed by atoms with Crippen LogP contribution in [0.4, 0.5) is 0 Å². The molecule has 0 aromatic heterocycles. The molecule has 162 valence electrons. The minimum Gasteiger partial charge on any atom is -0.497 e. The second-order valence-corrected chi connectivity index (χ2v) is 8.43. The van der Waals surface area contributed by atoms with E-state index in [1.807, 2.05) is 31.2 Å². The zero-order chi connectivity index (χ0) is 21.8. The van der Waals surface area contributed by atoms with Gasteiger partial charge in [0.25, 0.3) is 5.91 Å². The molecule has 31 heavy (non-hydrogen) atoms. The number of ether oxygens (including phenoxy) is 1. The van der Waals surface area contributed by atoms with E-state index in [9.17, 15) is 4.79 Å². The maximum atomic E-state index is 12.2. The molecule has 4 heteroatoms. The predicted octanol–water partition coefficient (Wildman–Crippen LogP) is 5.06. The molecule has 0 saturated carbocycles. The van der Waals surface area contributed by atoms with Crippen molar-refractivity contribution >= 4 is 11.5 Å². The monoisotopic (exact) mass is 416 g/mol. The highest BCUT2D eigenvalue weighted by Gasteiger charge is 2.38. The molecule has 2 bridgehead atoms. The van der Waals surface area contributed by atoms with E-state index in [4.69, 9.17) is 4.74 Å². The molecule has 2 saturated heterocycles. The molecule has 0 radical (unpaired) electrons. The summed E-state index contributed by atoms with van der Waals surface area (Å²) in [6, 6.07) is 17.5. The van der Waals surface area contributed by atoms with Crippen LogP contribution in [-0.2, 0) is 0 Å². The van der Waals surface area contributed by atoms with E-state index in [0.29, 0.717) is 24.2 Å². The number of amides is 1. The first-order valence-corrected chi connectivity index (χ1v) is 11.3. The molecule has 2 aromatic carbocycles. The minimum absolute atomic E-state index is 0.0274. The number of piperidine rings is 1. The van der Waals surface area contributed by atoms with Crippen LogP contribution in [0.1, 0.15) is 54.1 Å². The van der Waals surface area contributed by atoms with E-state index >= 15 is 0 Å². The van der Waals surface area contributed by atoms with E-state index < -0.39 is 0 Å². The van der Waals surface area contributed by atoms with Gasteiger partial charge in [0.05, 0.1) is 7.11 Å². The average Bonchev–Trinajstić information content (AvgIpc) is 3.02. The van der Waals surface area contributed by atoms with Gasteiger partial charge in [-0.05, 0) is 73.6 Å². The highest BCUT2D eigenvalue weighted by molar-refractivity contribution is 5.95. The molecule has 1 amide bonds. The molecule has 4 rings (SSSR count). The zero-order valence-electron chi connectivity index (χ0n) is 18.6. The van der Waals surface area contributed by atoms with Crippen LogP contribution < -0.4 is 10.1 Å². The molecular formula is C27H32N2O2.